The molecule has 0 spiro atoms. The fourth-order valence-corrected chi connectivity index (χ4v) is 2.60. The van der Waals surface area contributed by atoms with E-state index in [9.17, 15) is 24.9 Å². The zero-order chi connectivity index (χ0) is 20.7. The lowest BCUT2D eigenvalue weighted by Crippen LogP contribution is -2.32. The zero-order valence-corrected chi connectivity index (χ0v) is 15.7. The Morgan fingerprint density at radius 3 is 2.57 bits per heavy atom. The van der Waals surface area contributed by atoms with Crippen molar-refractivity contribution >= 4 is 17.8 Å². The molecule has 0 aliphatic carbocycles. The summed E-state index contributed by atoms with van der Waals surface area (Å²) in [5.74, 6) is -1.43. The van der Waals surface area contributed by atoms with Crippen LogP contribution < -0.4 is 4.74 Å². The molecule has 1 aliphatic heterocycles. The highest BCUT2D eigenvalue weighted by molar-refractivity contribution is 5.97. The highest BCUT2D eigenvalue weighted by Crippen LogP contribution is 2.30. The van der Waals surface area contributed by atoms with E-state index in [0.717, 1.165) is 6.08 Å². The molecule has 0 aromatic heterocycles. The first-order chi connectivity index (χ1) is 13.3. The van der Waals surface area contributed by atoms with E-state index in [2.05, 4.69) is 0 Å². The molecule has 2 rings (SSSR count). The number of hydrogen-bond acceptors (Lipinski definition) is 8. The van der Waals surface area contributed by atoms with Crippen LogP contribution in [-0.2, 0) is 14.3 Å². The molecule has 152 valence electrons. The minimum absolute atomic E-state index is 0.0461. The molecule has 0 fully saturated rings. The molecule has 1 heterocycles. The number of aliphatic hydroxyl groups excluding tert-OH is 2. The average molecular weight is 392 g/mol. The quantitative estimate of drug-likeness (QED) is 0.523. The van der Waals surface area contributed by atoms with Crippen LogP contribution in [0.1, 0.15) is 35.7 Å². The predicted octanol–water partition coefficient (Wildman–Crippen LogP) is 1.57. The fourth-order valence-electron chi connectivity index (χ4n) is 2.60. The largest absolute Gasteiger partial charge is 0.507 e. The van der Waals surface area contributed by atoms with Gasteiger partial charge in [-0.25, -0.2) is 4.79 Å². The molecule has 8 nitrogen and oxygen atoms in total. The van der Waals surface area contributed by atoms with Gasteiger partial charge < -0.3 is 29.5 Å². The van der Waals surface area contributed by atoms with Gasteiger partial charge in [-0.3, -0.25) is 4.79 Å². The normalized spacial score (nSPS) is 25.9. The number of methoxy groups -OCH3 is 1. The Labute approximate surface area is 162 Å². The van der Waals surface area contributed by atoms with E-state index < -0.39 is 30.1 Å². The molecule has 1 aromatic carbocycles. The standard InChI is InChI=1S/C20H24O8/c1-12-5-3-7-15(21)19(24)16(22)8-4-6-13-9-14(27-11-26-2)10-17(23)18(13)20(25)28-12/h3-4,6-7,9-10,12,16,19,22-24H,5,8,11H2,1-2H3/b6-4+,7-3-/t12?,16?,19-/m1/s1. The van der Waals surface area contributed by atoms with E-state index in [1.807, 2.05) is 0 Å². The summed E-state index contributed by atoms with van der Waals surface area (Å²) < 4.78 is 15.5. The summed E-state index contributed by atoms with van der Waals surface area (Å²) in [6, 6.07) is 2.79. The second-order valence-corrected chi connectivity index (χ2v) is 6.36. The van der Waals surface area contributed by atoms with E-state index in [4.69, 9.17) is 14.2 Å². The van der Waals surface area contributed by atoms with Gasteiger partial charge in [0.1, 0.15) is 29.3 Å². The molecule has 0 saturated carbocycles. The number of carbonyl (C=O) groups is 2. The van der Waals surface area contributed by atoms with Crippen molar-refractivity contribution in [2.75, 3.05) is 13.9 Å². The third-order valence-corrected chi connectivity index (χ3v) is 4.06. The number of benzene rings is 1. The number of phenols is 1. The molecular formula is C20H24O8. The summed E-state index contributed by atoms with van der Waals surface area (Å²) in [7, 11) is 1.44. The molecule has 1 aliphatic rings. The molecule has 0 radical (unpaired) electrons. The van der Waals surface area contributed by atoms with Crippen LogP contribution in [0, 0.1) is 0 Å². The number of fused-ring (bicyclic) bond motifs is 1. The monoisotopic (exact) mass is 392 g/mol. The van der Waals surface area contributed by atoms with Crippen LogP contribution >= 0.6 is 0 Å². The molecule has 0 saturated heterocycles. The lowest BCUT2D eigenvalue weighted by atomic mass is 10.0. The Bertz CT molecular complexity index is 768. The van der Waals surface area contributed by atoms with Gasteiger partial charge in [-0.05, 0) is 31.1 Å². The highest BCUT2D eigenvalue weighted by Gasteiger charge is 2.23. The van der Waals surface area contributed by atoms with Crippen LogP contribution in [-0.4, -0.2) is 59.3 Å². The number of phenolic OH excluding ortho intramolecular Hbond substituents is 1. The van der Waals surface area contributed by atoms with Crippen molar-refractivity contribution in [3.05, 3.63) is 41.5 Å². The van der Waals surface area contributed by atoms with E-state index in [1.165, 1.54) is 37.5 Å². The summed E-state index contributed by atoms with van der Waals surface area (Å²) in [6.07, 6.45) is 2.28. The summed E-state index contributed by atoms with van der Waals surface area (Å²) in [5, 5.41) is 30.2. The van der Waals surface area contributed by atoms with Gasteiger partial charge >= 0.3 is 5.97 Å². The zero-order valence-electron chi connectivity index (χ0n) is 15.7. The van der Waals surface area contributed by atoms with Crippen molar-refractivity contribution in [3.63, 3.8) is 0 Å². The molecular weight excluding hydrogens is 368 g/mol. The second-order valence-electron chi connectivity index (χ2n) is 6.36. The van der Waals surface area contributed by atoms with Gasteiger partial charge in [0, 0.05) is 19.6 Å². The maximum Gasteiger partial charge on any atom is 0.342 e. The third kappa shape index (κ3) is 5.66. The molecule has 2 unspecified atom stereocenters. The molecule has 0 bridgehead atoms. The Morgan fingerprint density at radius 1 is 1.14 bits per heavy atom. The Hall–Kier alpha value is -2.68. The van der Waals surface area contributed by atoms with Gasteiger partial charge in [-0.1, -0.05) is 18.2 Å². The van der Waals surface area contributed by atoms with Crippen LogP contribution in [0.15, 0.2) is 30.4 Å². The minimum Gasteiger partial charge on any atom is -0.507 e. The molecule has 3 N–H and O–H groups in total. The van der Waals surface area contributed by atoms with Crippen molar-refractivity contribution < 1.29 is 39.1 Å². The van der Waals surface area contributed by atoms with Crippen molar-refractivity contribution in [1.82, 2.24) is 0 Å². The number of rotatable bonds is 3. The maximum atomic E-state index is 12.6. The third-order valence-electron chi connectivity index (χ3n) is 4.06. The van der Waals surface area contributed by atoms with E-state index in [-0.39, 0.29) is 36.7 Å². The first-order valence-corrected chi connectivity index (χ1v) is 8.76. The van der Waals surface area contributed by atoms with Gasteiger partial charge in [0.15, 0.2) is 12.6 Å². The number of aromatic hydroxyl groups is 1. The first kappa shape index (κ1) is 21.6. The van der Waals surface area contributed by atoms with Crippen LogP contribution in [0.2, 0.25) is 0 Å². The van der Waals surface area contributed by atoms with Gasteiger partial charge in [-0.15, -0.1) is 0 Å². The Balaban J connectivity index is 2.43. The molecule has 0 amide bonds. The minimum atomic E-state index is -1.56. The van der Waals surface area contributed by atoms with Gasteiger partial charge in [0.05, 0.1) is 6.10 Å². The predicted molar refractivity (Wildman–Crippen MR) is 99.9 cm³/mol. The molecule has 1 aromatic rings. The lowest BCUT2D eigenvalue weighted by Gasteiger charge is -2.17. The molecule has 3 atom stereocenters. The number of ether oxygens (including phenoxy) is 3. The van der Waals surface area contributed by atoms with Crippen LogP contribution in [0.3, 0.4) is 0 Å². The van der Waals surface area contributed by atoms with Crippen LogP contribution in [0.25, 0.3) is 6.08 Å². The average Bonchev–Trinajstić information content (AvgIpc) is 2.64. The number of hydrogen-bond donors (Lipinski definition) is 3. The lowest BCUT2D eigenvalue weighted by molar-refractivity contribution is -0.127. The summed E-state index contributed by atoms with van der Waals surface area (Å²) >= 11 is 0. The molecule has 8 heteroatoms. The summed E-state index contributed by atoms with van der Waals surface area (Å²) in [5.41, 5.74) is 0.240. The SMILES string of the molecule is COCOc1cc(O)c2c(c1)/C=C/CC(O)[C@H](O)C(=O)/C=C\CC(C)OC2=O. The van der Waals surface area contributed by atoms with Crippen molar-refractivity contribution in [1.29, 1.82) is 0 Å². The highest BCUT2D eigenvalue weighted by atomic mass is 16.7. The fraction of sp³-hybridized carbons (Fsp3) is 0.400. The van der Waals surface area contributed by atoms with Crippen molar-refractivity contribution in [2.24, 2.45) is 0 Å². The number of ketones is 1. The summed E-state index contributed by atoms with van der Waals surface area (Å²) in [6.45, 7) is 1.58. The second kappa shape index (κ2) is 10.0. The summed E-state index contributed by atoms with van der Waals surface area (Å²) in [4.78, 5) is 24.4. The number of cyclic esters (lactones) is 1. The van der Waals surface area contributed by atoms with Crippen molar-refractivity contribution in [2.45, 2.75) is 38.1 Å². The number of esters is 1. The van der Waals surface area contributed by atoms with E-state index in [0.29, 0.717) is 5.56 Å². The Kier molecular flexibility index (Phi) is 7.74. The Morgan fingerprint density at radius 2 is 1.86 bits per heavy atom. The number of aliphatic hydroxyl groups is 2. The molecule has 28 heavy (non-hydrogen) atoms. The smallest absolute Gasteiger partial charge is 0.342 e. The van der Waals surface area contributed by atoms with Gasteiger partial charge in [-0.2, -0.15) is 0 Å². The van der Waals surface area contributed by atoms with Gasteiger partial charge in [0.25, 0.3) is 0 Å². The topological polar surface area (TPSA) is 123 Å². The van der Waals surface area contributed by atoms with Crippen LogP contribution in [0.4, 0.5) is 0 Å². The van der Waals surface area contributed by atoms with Crippen LogP contribution in [0.5, 0.6) is 11.5 Å². The first-order valence-electron chi connectivity index (χ1n) is 8.76. The van der Waals surface area contributed by atoms with E-state index >= 15 is 0 Å². The maximum absolute atomic E-state index is 12.6. The number of carbonyl (C=O) groups excluding carboxylic acids is 2. The van der Waals surface area contributed by atoms with Gasteiger partial charge in [0.2, 0.25) is 0 Å². The van der Waals surface area contributed by atoms with Crippen molar-refractivity contribution in [3.8, 4) is 11.5 Å². The van der Waals surface area contributed by atoms with E-state index in [1.54, 1.807) is 6.92 Å².